The number of hydrogen-bond acceptors (Lipinski definition) is 3. The Balaban J connectivity index is 1.41. The van der Waals surface area contributed by atoms with E-state index in [9.17, 15) is 9.18 Å². The standard InChI is InChI=1S/C15H19FN2O2/c16-12-1-3-13(4-2-12)20-14-9-18(10-14)15(19)7-11-5-6-17-8-11/h1-4,11,14,17H,5-10H2/t11-/m0/s1. The maximum atomic E-state index is 12.8. The molecule has 1 atom stereocenters. The third kappa shape index (κ3) is 3.10. The Kier molecular flexibility index (Phi) is 3.87. The predicted molar refractivity (Wildman–Crippen MR) is 73.0 cm³/mol. The molecule has 2 aliphatic heterocycles. The first-order chi connectivity index (χ1) is 9.70. The summed E-state index contributed by atoms with van der Waals surface area (Å²) in [5, 5.41) is 3.27. The molecule has 2 fully saturated rings. The number of amides is 1. The normalized spacial score (nSPS) is 22.6. The van der Waals surface area contributed by atoms with E-state index in [1.807, 2.05) is 4.90 Å². The second-order valence-electron chi connectivity index (χ2n) is 5.56. The molecule has 1 aromatic rings. The minimum absolute atomic E-state index is 0.0334. The van der Waals surface area contributed by atoms with Crippen LogP contribution in [0.5, 0.6) is 5.75 Å². The molecule has 2 heterocycles. The predicted octanol–water partition coefficient (Wildman–Crippen LogP) is 1.41. The molecule has 2 saturated heterocycles. The molecular weight excluding hydrogens is 259 g/mol. The molecule has 1 aromatic carbocycles. The molecule has 1 amide bonds. The fourth-order valence-electron chi connectivity index (χ4n) is 2.69. The second-order valence-corrected chi connectivity index (χ2v) is 5.56. The molecule has 0 unspecified atom stereocenters. The Hall–Kier alpha value is -1.62. The maximum Gasteiger partial charge on any atom is 0.223 e. The average Bonchev–Trinajstić information content (AvgIpc) is 2.88. The number of benzene rings is 1. The van der Waals surface area contributed by atoms with Gasteiger partial charge in [-0.05, 0) is 49.7 Å². The summed E-state index contributed by atoms with van der Waals surface area (Å²) in [6.45, 7) is 3.25. The number of nitrogens with zero attached hydrogens (tertiary/aromatic N) is 1. The Morgan fingerprint density at radius 3 is 2.75 bits per heavy atom. The smallest absolute Gasteiger partial charge is 0.223 e. The Morgan fingerprint density at radius 1 is 1.35 bits per heavy atom. The summed E-state index contributed by atoms with van der Waals surface area (Å²) in [7, 11) is 0. The van der Waals surface area contributed by atoms with Crippen LogP contribution in [0.15, 0.2) is 24.3 Å². The molecule has 0 bridgehead atoms. The fraction of sp³-hybridized carbons (Fsp3) is 0.533. The number of halogens is 1. The first-order valence-electron chi connectivity index (χ1n) is 7.11. The quantitative estimate of drug-likeness (QED) is 0.905. The SMILES string of the molecule is O=C(C[C@@H]1CCNC1)N1CC(Oc2ccc(F)cc2)C1. The molecule has 0 radical (unpaired) electrons. The molecule has 0 aliphatic carbocycles. The van der Waals surface area contributed by atoms with Crippen LogP contribution in [0.2, 0.25) is 0 Å². The zero-order chi connectivity index (χ0) is 13.9. The molecule has 3 rings (SSSR count). The van der Waals surface area contributed by atoms with Crippen molar-refractivity contribution in [3.8, 4) is 5.75 Å². The lowest BCUT2D eigenvalue weighted by molar-refractivity contribution is -0.140. The van der Waals surface area contributed by atoms with Crippen LogP contribution in [-0.2, 0) is 4.79 Å². The van der Waals surface area contributed by atoms with Crippen LogP contribution in [-0.4, -0.2) is 43.1 Å². The minimum atomic E-state index is -0.270. The third-order valence-corrected chi connectivity index (χ3v) is 3.94. The van der Waals surface area contributed by atoms with E-state index in [0.717, 1.165) is 19.5 Å². The van der Waals surface area contributed by atoms with E-state index in [2.05, 4.69) is 5.32 Å². The van der Waals surface area contributed by atoms with Gasteiger partial charge in [-0.2, -0.15) is 0 Å². The summed E-state index contributed by atoms with van der Waals surface area (Å²) in [5.41, 5.74) is 0. The van der Waals surface area contributed by atoms with Crippen molar-refractivity contribution in [2.24, 2.45) is 5.92 Å². The van der Waals surface area contributed by atoms with E-state index in [0.29, 0.717) is 31.2 Å². The number of likely N-dealkylation sites (tertiary alicyclic amines) is 1. The maximum absolute atomic E-state index is 12.8. The summed E-state index contributed by atoms with van der Waals surface area (Å²) in [6, 6.07) is 5.99. The van der Waals surface area contributed by atoms with Crippen LogP contribution in [0.4, 0.5) is 4.39 Å². The van der Waals surface area contributed by atoms with Crippen LogP contribution < -0.4 is 10.1 Å². The first kappa shape index (κ1) is 13.4. The van der Waals surface area contributed by atoms with Crippen LogP contribution in [0, 0.1) is 11.7 Å². The van der Waals surface area contributed by atoms with Crippen molar-refractivity contribution in [3.05, 3.63) is 30.1 Å². The summed E-state index contributed by atoms with van der Waals surface area (Å²) in [4.78, 5) is 13.9. The fourth-order valence-corrected chi connectivity index (χ4v) is 2.69. The molecule has 5 heteroatoms. The molecule has 0 saturated carbocycles. The topological polar surface area (TPSA) is 41.6 Å². The van der Waals surface area contributed by atoms with Crippen molar-refractivity contribution in [2.45, 2.75) is 18.9 Å². The lowest BCUT2D eigenvalue weighted by atomic mass is 10.0. The summed E-state index contributed by atoms with van der Waals surface area (Å²) >= 11 is 0. The number of ether oxygens (including phenoxy) is 1. The molecule has 1 N–H and O–H groups in total. The largest absolute Gasteiger partial charge is 0.487 e. The molecule has 20 heavy (non-hydrogen) atoms. The Bertz CT molecular complexity index is 465. The van der Waals surface area contributed by atoms with Gasteiger partial charge >= 0.3 is 0 Å². The van der Waals surface area contributed by atoms with Gasteiger partial charge in [0.05, 0.1) is 13.1 Å². The number of hydrogen-bond donors (Lipinski definition) is 1. The van der Waals surface area contributed by atoms with E-state index in [4.69, 9.17) is 4.74 Å². The van der Waals surface area contributed by atoms with Crippen molar-refractivity contribution in [2.75, 3.05) is 26.2 Å². The lowest BCUT2D eigenvalue weighted by Gasteiger charge is -2.39. The number of carbonyl (C=O) groups is 1. The van der Waals surface area contributed by atoms with Crippen LogP contribution >= 0.6 is 0 Å². The van der Waals surface area contributed by atoms with E-state index >= 15 is 0 Å². The summed E-state index contributed by atoms with van der Waals surface area (Å²) in [5.74, 6) is 1.09. The van der Waals surface area contributed by atoms with Crippen LogP contribution in [0.1, 0.15) is 12.8 Å². The zero-order valence-electron chi connectivity index (χ0n) is 11.3. The summed E-state index contributed by atoms with van der Waals surface area (Å²) < 4.78 is 18.5. The van der Waals surface area contributed by atoms with Gasteiger partial charge in [-0.1, -0.05) is 0 Å². The van der Waals surface area contributed by atoms with Gasteiger partial charge in [0.15, 0.2) is 0 Å². The number of nitrogens with one attached hydrogen (secondary N) is 1. The second kappa shape index (κ2) is 5.79. The molecular formula is C15H19FN2O2. The van der Waals surface area contributed by atoms with Crippen LogP contribution in [0.3, 0.4) is 0 Å². The number of carbonyl (C=O) groups excluding carboxylic acids is 1. The van der Waals surface area contributed by atoms with Crippen molar-refractivity contribution in [1.29, 1.82) is 0 Å². The minimum Gasteiger partial charge on any atom is -0.487 e. The van der Waals surface area contributed by atoms with Crippen LogP contribution in [0.25, 0.3) is 0 Å². The molecule has 2 aliphatic rings. The van der Waals surface area contributed by atoms with Gasteiger partial charge in [-0.15, -0.1) is 0 Å². The Morgan fingerprint density at radius 2 is 2.10 bits per heavy atom. The average molecular weight is 278 g/mol. The highest BCUT2D eigenvalue weighted by Crippen LogP contribution is 2.21. The molecule has 108 valence electrons. The molecule has 4 nitrogen and oxygen atoms in total. The summed E-state index contributed by atoms with van der Waals surface area (Å²) in [6.07, 6.45) is 1.76. The zero-order valence-corrected chi connectivity index (χ0v) is 11.3. The third-order valence-electron chi connectivity index (χ3n) is 3.94. The van der Waals surface area contributed by atoms with Gasteiger partial charge < -0.3 is 15.0 Å². The van der Waals surface area contributed by atoms with Crippen molar-refractivity contribution >= 4 is 5.91 Å². The van der Waals surface area contributed by atoms with Gasteiger partial charge in [0.2, 0.25) is 5.91 Å². The van der Waals surface area contributed by atoms with E-state index in [1.165, 1.54) is 12.1 Å². The van der Waals surface area contributed by atoms with Crippen molar-refractivity contribution in [1.82, 2.24) is 10.2 Å². The van der Waals surface area contributed by atoms with Gasteiger partial charge in [0.1, 0.15) is 17.7 Å². The highest BCUT2D eigenvalue weighted by Gasteiger charge is 2.33. The lowest BCUT2D eigenvalue weighted by Crippen LogP contribution is -2.56. The molecule has 0 spiro atoms. The van der Waals surface area contributed by atoms with Gasteiger partial charge in [-0.3, -0.25) is 4.79 Å². The first-order valence-corrected chi connectivity index (χ1v) is 7.11. The van der Waals surface area contributed by atoms with E-state index in [1.54, 1.807) is 12.1 Å². The van der Waals surface area contributed by atoms with Gasteiger partial charge in [0, 0.05) is 6.42 Å². The highest BCUT2D eigenvalue weighted by molar-refractivity contribution is 5.77. The van der Waals surface area contributed by atoms with Crippen molar-refractivity contribution in [3.63, 3.8) is 0 Å². The highest BCUT2D eigenvalue weighted by atomic mass is 19.1. The number of rotatable bonds is 4. The van der Waals surface area contributed by atoms with E-state index < -0.39 is 0 Å². The van der Waals surface area contributed by atoms with Crippen molar-refractivity contribution < 1.29 is 13.9 Å². The van der Waals surface area contributed by atoms with Gasteiger partial charge in [-0.25, -0.2) is 4.39 Å². The molecule has 0 aromatic heterocycles. The van der Waals surface area contributed by atoms with Gasteiger partial charge in [0.25, 0.3) is 0 Å². The van der Waals surface area contributed by atoms with E-state index in [-0.39, 0.29) is 17.8 Å². The monoisotopic (exact) mass is 278 g/mol. The Labute approximate surface area is 117 Å².